The number of nitrogens with one attached hydrogen (secondary N) is 1. The van der Waals surface area contributed by atoms with Crippen molar-refractivity contribution in [3.05, 3.63) is 48.2 Å². The van der Waals surface area contributed by atoms with Crippen LogP contribution in [0.3, 0.4) is 0 Å². The normalized spacial score (nSPS) is 10.2. The van der Waals surface area contributed by atoms with Crippen LogP contribution in [-0.4, -0.2) is 5.78 Å². The number of benzene rings is 1. The molecule has 1 aromatic rings. The van der Waals surface area contributed by atoms with Crippen LogP contribution < -0.4 is 5.32 Å². The number of hydrogen-bond donors (Lipinski definition) is 1. The second-order valence-corrected chi connectivity index (χ2v) is 2.81. The Hall–Kier alpha value is -1.57. The van der Waals surface area contributed by atoms with Crippen molar-refractivity contribution >= 4 is 5.78 Å². The Kier molecular flexibility index (Phi) is 3.76. The molecule has 0 unspecified atom stereocenters. The minimum atomic E-state index is 0.0561. The fraction of sp³-hybridized carbons (Fsp3) is 0.182. The number of hydrogen-bond acceptors (Lipinski definition) is 2. The van der Waals surface area contributed by atoms with E-state index in [9.17, 15) is 4.79 Å². The van der Waals surface area contributed by atoms with Crippen molar-refractivity contribution in [2.75, 3.05) is 0 Å². The van der Waals surface area contributed by atoms with E-state index in [0.717, 1.165) is 6.54 Å². The number of allylic oxidation sites excluding steroid dienone is 1. The summed E-state index contributed by atoms with van der Waals surface area (Å²) in [6.45, 7) is 2.28. The van der Waals surface area contributed by atoms with Gasteiger partial charge in [-0.3, -0.25) is 4.79 Å². The number of rotatable bonds is 4. The first-order valence-electron chi connectivity index (χ1n) is 4.23. The van der Waals surface area contributed by atoms with Gasteiger partial charge in [0.05, 0.1) is 0 Å². The summed E-state index contributed by atoms with van der Waals surface area (Å²) in [4.78, 5) is 10.5. The zero-order valence-electron chi connectivity index (χ0n) is 7.66. The maximum atomic E-state index is 10.5. The summed E-state index contributed by atoms with van der Waals surface area (Å²) in [6.07, 6.45) is 3.19. The maximum Gasteiger partial charge on any atom is 0.154 e. The van der Waals surface area contributed by atoms with Crippen LogP contribution in [0.2, 0.25) is 0 Å². The molecule has 68 valence electrons. The van der Waals surface area contributed by atoms with Crippen LogP contribution >= 0.6 is 0 Å². The van der Waals surface area contributed by atoms with Crippen molar-refractivity contribution < 1.29 is 4.79 Å². The molecule has 1 aromatic carbocycles. The Morgan fingerprint density at radius 2 is 2.08 bits per heavy atom. The third-order valence-electron chi connectivity index (χ3n) is 1.58. The Bertz CT molecular complexity index is 290. The molecule has 0 spiro atoms. The van der Waals surface area contributed by atoms with E-state index in [1.165, 1.54) is 18.6 Å². The van der Waals surface area contributed by atoms with Crippen LogP contribution in [0.25, 0.3) is 0 Å². The van der Waals surface area contributed by atoms with Gasteiger partial charge in [0.25, 0.3) is 0 Å². The molecule has 1 N–H and O–H groups in total. The van der Waals surface area contributed by atoms with Crippen molar-refractivity contribution in [2.24, 2.45) is 0 Å². The molecule has 0 saturated heterocycles. The molecule has 0 amide bonds. The number of carbonyl (C=O) groups excluding carboxylic acids is 1. The summed E-state index contributed by atoms with van der Waals surface area (Å²) < 4.78 is 0. The van der Waals surface area contributed by atoms with Crippen molar-refractivity contribution in [3.8, 4) is 0 Å². The molecule has 0 aliphatic rings. The van der Waals surface area contributed by atoms with Crippen LogP contribution in [0.4, 0.5) is 0 Å². The highest BCUT2D eigenvalue weighted by Crippen LogP contribution is 1.96. The van der Waals surface area contributed by atoms with Gasteiger partial charge in [0, 0.05) is 12.7 Å². The van der Waals surface area contributed by atoms with Gasteiger partial charge in [-0.25, -0.2) is 0 Å². The average molecular weight is 175 g/mol. The molecule has 0 aromatic heterocycles. The van der Waals surface area contributed by atoms with Gasteiger partial charge in [0.1, 0.15) is 0 Å². The van der Waals surface area contributed by atoms with E-state index in [0.29, 0.717) is 0 Å². The quantitative estimate of drug-likeness (QED) is 0.708. The van der Waals surface area contributed by atoms with Crippen molar-refractivity contribution in [3.63, 3.8) is 0 Å². The monoisotopic (exact) mass is 175 g/mol. The lowest BCUT2D eigenvalue weighted by molar-refractivity contribution is -0.112. The fourth-order valence-corrected chi connectivity index (χ4v) is 0.949. The van der Waals surface area contributed by atoms with E-state index in [-0.39, 0.29) is 5.78 Å². The zero-order chi connectivity index (χ0) is 9.52. The van der Waals surface area contributed by atoms with E-state index >= 15 is 0 Å². The Balaban J connectivity index is 2.32. The molecule has 0 fully saturated rings. The summed E-state index contributed by atoms with van der Waals surface area (Å²) in [5.74, 6) is 0.0561. The predicted octanol–water partition coefficient (Wildman–Crippen LogP) is 1.88. The van der Waals surface area contributed by atoms with Crippen LogP contribution in [0.1, 0.15) is 12.5 Å². The van der Waals surface area contributed by atoms with E-state index < -0.39 is 0 Å². The summed E-state index contributed by atoms with van der Waals surface area (Å²) in [6, 6.07) is 10.0. The summed E-state index contributed by atoms with van der Waals surface area (Å²) in [5, 5.41) is 3.03. The zero-order valence-corrected chi connectivity index (χ0v) is 7.66. The van der Waals surface area contributed by atoms with E-state index in [1.807, 2.05) is 30.3 Å². The minimum Gasteiger partial charge on any atom is -0.387 e. The maximum absolute atomic E-state index is 10.5. The van der Waals surface area contributed by atoms with Gasteiger partial charge in [0.15, 0.2) is 5.78 Å². The van der Waals surface area contributed by atoms with Crippen molar-refractivity contribution in [2.45, 2.75) is 13.5 Å². The topological polar surface area (TPSA) is 29.1 Å². The third-order valence-corrected chi connectivity index (χ3v) is 1.58. The number of carbonyl (C=O) groups is 1. The van der Waals surface area contributed by atoms with Gasteiger partial charge in [-0.1, -0.05) is 30.3 Å². The molecular weight excluding hydrogens is 162 g/mol. The standard InChI is InChI=1S/C11H13NO/c1-10(13)7-8-12-9-11-5-3-2-4-6-11/h2-8,12H,9H2,1H3/b8-7-. The molecule has 1 rings (SSSR count). The lowest BCUT2D eigenvalue weighted by Gasteiger charge is -1.99. The Morgan fingerprint density at radius 3 is 2.69 bits per heavy atom. The number of ketones is 1. The van der Waals surface area contributed by atoms with Crippen LogP contribution in [0, 0.1) is 0 Å². The second kappa shape index (κ2) is 5.14. The molecule has 0 atom stereocenters. The Labute approximate surface area is 78.3 Å². The fourth-order valence-electron chi connectivity index (χ4n) is 0.949. The van der Waals surface area contributed by atoms with Gasteiger partial charge in [-0.2, -0.15) is 0 Å². The van der Waals surface area contributed by atoms with Crippen LogP contribution in [0.5, 0.6) is 0 Å². The van der Waals surface area contributed by atoms with Gasteiger partial charge < -0.3 is 5.32 Å². The van der Waals surface area contributed by atoms with Gasteiger partial charge in [0.2, 0.25) is 0 Å². The molecule has 0 aliphatic carbocycles. The highest BCUT2D eigenvalue weighted by atomic mass is 16.1. The van der Waals surface area contributed by atoms with Crippen LogP contribution in [0.15, 0.2) is 42.6 Å². The average Bonchev–Trinajstić information content (AvgIpc) is 2.14. The van der Waals surface area contributed by atoms with Gasteiger partial charge in [-0.15, -0.1) is 0 Å². The third kappa shape index (κ3) is 4.11. The summed E-state index contributed by atoms with van der Waals surface area (Å²) in [7, 11) is 0. The first-order chi connectivity index (χ1) is 6.29. The van der Waals surface area contributed by atoms with E-state index in [4.69, 9.17) is 0 Å². The lowest BCUT2D eigenvalue weighted by Crippen LogP contribution is -2.04. The molecule has 13 heavy (non-hydrogen) atoms. The van der Waals surface area contributed by atoms with Crippen LogP contribution in [-0.2, 0) is 11.3 Å². The SMILES string of the molecule is CC(=O)/C=C\NCc1ccccc1. The molecule has 0 bridgehead atoms. The second-order valence-electron chi connectivity index (χ2n) is 2.81. The van der Waals surface area contributed by atoms with Crippen molar-refractivity contribution in [1.82, 2.24) is 5.32 Å². The Morgan fingerprint density at radius 1 is 1.38 bits per heavy atom. The summed E-state index contributed by atoms with van der Waals surface area (Å²) >= 11 is 0. The summed E-state index contributed by atoms with van der Waals surface area (Å²) in [5.41, 5.74) is 1.20. The van der Waals surface area contributed by atoms with E-state index in [2.05, 4.69) is 5.32 Å². The molecule has 0 heterocycles. The molecule has 2 heteroatoms. The first-order valence-corrected chi connectivity index (χ1v) is 4.23. The molecular formula is C11H13NO. The highest BCUT2D eigenvalue weighted by Gasteiger charge is 1.86. The molecule has 2 nitrogen and oxygen atoms in total. The minimum absolute atomic E-state index is 0.0561. The van der Waals surface area contributed by atoms with E-state index in [1.54, 1.807) is 6.20 Å². The smallest absolute Gasteiger partial charge is 0.154 e. The van der Waals surface area contributed by atoms with Crippen molar-refractivity contribution in [1.29, 1.82) is 0 Å². The molecule has 0 radical (unpaired) electrons. The van der Waals surface area contributed by atoms with Gasteiger partial charge in [-0.05, 0) is 18.6 Å². The largest absolute Gasteiger partial charge is 0.387 e. The first kappa shape index (κ1) is 9.52. The molecule has 0 aliphatic heterocycles. The van der Waals surface area contributed by atoms with Gasteiger partial charge >= 0.3 is 0 Å². The predicted molar refractivity (Wildman–Crippen MR) is 53.1 cm³/mol. The lowest BCUT2D eigenvalue weighted by atomic mass is 10.2. The highest BCUT2D eigenvalue weighted by molar-refractivity contribution is 5.87. The molecule has 0 saturated carbocycles.